The molecule has 1 saturated heterocycles. The molecule has 0 aromatic heterocycles. The first-order valence-corrected chi connectivity index (χ1v) is 8.87. The number of hydrogen-bond acceptors (Lipinski definition) is 9. The van der Waals surface area contributed by atoms with Gasteiger partial charge in [0, 0.05) is 22.8 Å². The largest absolute Gasteiger partial charge is 0.466 e. The van der Waals surface area contributed by atoms with Crippen molar-refractivity contribution in [2.24, 2.45) is 5.73 Å². The van der Waals surface area contributed by atoms with E-state index in [0.29, 0.717) is 29.9 Å². The number of nitrogens with two attached hydrogens (primary N) is 1. The topological polar surface area (TPSA) is 155 Å². The summed E-state index contributed by atoms with van der Waals surface area (Å²) in [6.45, 7) is 19.0. The zero-order valence-corrected chi connectivity index (χ0v) is 18.6. The lowest BCUT2D eigenvalue weighted by atomic mass is 10.3. The maximum Gasteiger partial charge on any atom is 0.333 e. The Morgan fingerprint density at radius 1 is 1.03 bits per heavy atom. The van der Waals surface area contributed by atoms with Crippen molar-refractivity contribution in [3.63, 3.8) is 0 Å². The van der Waals surface area contributed by atoms with Crippen LogP contribution in [0.2, 0.25) is 0 Å². The number of ether oxygens (including phenoxy) is 4. The molecule has 1 unspecified atom stereocenters. The summed E-state index contributed by atoms with van der Waals surface area (Å²) in [5.74, 6) is -1.62. The molecule has 10 nitrogen and oxygen atoms in total. The van der Waals surface area contributed by atoms with Gasteiger partial charge in [-0.1, -0.05) is 26.3 Å². The van der Waals surface area contributed by atoms with E-state index >= 15 is 0 Å². The zero-order chi connectivity index (χ0) is 25.0. The van der Waals surface area contributed by atoms with Crippen LogP contribution in [0.5, 0.6) is 0 Å². The van der Waals surface area contributed by atoms with Gasteiger partial charge >= 0.3 is 17.9 Å². The molecule has 1 aliphatic rings. The van der Waals surface area contributed by atoms with E-state index in [1.165, 1.54) is 7.11 Å². The number of carbonyl (C=O) groups is 4. The van der Waals surface area contributed by atoms with Gasteiger partial charge < -0.3 is 29.8 Å². The minimum Gasteiger partial charge on any atom is -0.466 e. The average Bonchev–Trinajstić information content (AvgIpc) is 3.55. The molecule has 10 heteroatoms. The number of methoxy groups -OCH3 is 1. The normalized spacial score (nSPS) is 12.4. The van der Waals surface area contributed by atoms with Crippen LogP contribution in [0.25, 0.3) is 0 Å². The lowest BCUT2D eigenvalue weighted by Crippen LogP contribution is -2.10. The Morgan fingerprint density at radius 2 is 1.45 bits per heavy atom. The van der Waals surface area contributed by atoms with Crippen molar-refractivity contribution in [1.82, 2.24) is 0 Å². The molecule has 0 aliphatic carbocycles. The molecule has 1 atom stereocenters. The summed E-state index contributed by atoms with van der Waals surface area (Å²) in [5, 5.41) is 8.19. The summed E-state index contributed by atoms with van der Waals surface area (Å²) in [5.41, 5.74) is 5.88. The fourth-order valence-electron chi connectivity index (χ4n) is 0.801. The maximum absolute atomic E-state index is 10.7. The first-order chi connectivity index (χ1) is 14.3. The second-order valence-corrected chi connectivity index (χ2v) is 5.85. The molecule has 31 heavy (non-hydrogen) atoms. The van der Waals surface area contributed by atoms with E-state index in [4.69, 9.17) is 20.3 Å². The van der Waals surface area contributed by atoms with E-state index in [1.54, 1.807) is 20.8 Å². The Kier molecular flexibility index (Phi) is 21.0. The number of amides is 1. The third kappa shape index (κ3) is 26.8. The Balaban J connectivity index is -0.000000347. The van der Waals surface area contributed by atoms with Crippen LogP contribution in [0.15, 0.2) is 49.1 Å². The number of hydrogen-bond donors (Lipinski definition) is 2. The predicted molar refractivity (Wildman–Crippen MR) is 115 cm³/mol. The Labute approximate surface area is 183 Å². The van der Waals surface area contributed by atoms with Crippen molar-refractivity contribution < 1.29 is 43.2 Å². The summed E-state index contributed by atoms with van der Waals surface area (Å²) >= 11 is 0. The van der Waals surface area contributed by atoms with Crippen molar-refractivity contribution in [3.8, 4) is 0 Å². The Bertz CT molecular complexity index is 634. The van der Waals surface area contributed by atoms with Crippen molar-refractivity contribution >= 4 is 23.8 Å². The van der Waals surface area contributed by atoms with Crippen LogP contribution >= 0.6 is 0 Å². The quantitative estimate of drug-likeness (QED) is 0.242. The van der Waals surface area contributed by atoms with Crippen molar-refractivity contribution in [2.45, 2.75) is 26.9 Å². The highest BCUT2D eigenvalue weighted by atomic mass is 16.6. The van der Waals surface area contributed by atoms with Gasteiger partial charge in [0.1, 0.15) is 19.3 Å². The second-order valence-electron chi connectivity index (χ2n) is 5.85. The van der Waals surface area contributed by atoms with E-state index in [9.17, 15) is 19.2 Å². The summed E-state index contributed by atoms with van der Waals surface area (Å²) in [4.78, 5) is 40.8. The molecular formula is C21H33NO9. The van der Waals surface area contributed by atoms with Gasteiger partial charge in [0.05, 0.1) is 20.3 Å². The highest BCUT2D eigenvalue weighted by molar-refractivity contribution is 5.90. The number of esters is 3. The van der Waals surface area contributed by atoms with Gasteiger partial charge in [-0.05, 0) is 20.8 Å². The fraction of sp³-hybridized carbons (Fsp3) is 0.429. The van der Waals surface area contributed by atoms with Gasteiger partial charge in [0.15, 0.2) is 0 Å². The SMILES string of the molecule is C=C(C)C(=O)OCC1CO1.C=C(C)C(=O)OCCO.C=C(C)C(N)=O.C=CC(=O)OC. The third-order valence-corrected chi connectivity index (χ3v) is 2.61. The number of rotatable bonds is 8. The van der Waals surface area contributed by atoms with Gasteiger partial charge in [-0.3, -0.25) is 4.79 Å². The van der Waals surface area contributed by atoms with Gasteiger partial charge in [-0.25, -0.2) is 14.4 Å². The molecule has 0 spiro atoms. The highest BCUT2D eigenvalue weighted by Gasteiger charge is 2.24. The summed E-state index contributed by atoms with van der Waals surface area (Å²) in [6, 6.07) is 0. The zero-order valence-electron chi connectivity index (χ0n) is 18.6. The maximum atomic E-state index is 10.7. The lowest BCUT2D eigenvalue weighted by Gasteiger charge is -1.99. The molecule has 0 saturated carbocycles. The van der Waals surface area contributed by atoms with Crippen LogP contribution in [-0.2, 0) is 38.1 Å². The van der Waals surface area contributed by atoms with Crippen molar-refractivity contribution in [3.05, 3.63) is 49.1 Å². The third-order valence-electron chi connectivity index (χ3n) is 2.61. The molecule has 0 aromatic carbocycles. The van der Waals surface area contributed by atoms with Crippen LogP contribution in [0, 0.1) is 0 Å². The van der Waals surface area contributed by atoms with Crippen LogP contribution in [-0.4, -0.2) is 68.6 Å². The summed E-state index contributed by atoms with van der Waals surface area (Å²) in [6.07, 6.45) is 1.25. The van der Waals surface area contributed by atoms with Gasteiger partial charge in [0.2, 0.25) is 5.91 Å². The molecule has 0 radical (unpaired) electrons. The minimum absolute atomic E-state index is 0.0473. The molecule has 3 N–H and O–H groups in total. The van der Waals surface area contributed by atoms with Crippen LogP contribution < -0.4 is 5.73 Å². The highest BCUT2D eigenvalue weighted by Crippen LogP contribution is 2.09. The van der Waals surface area contributed by atoms with Gasteiger partial charge in [0.25, 0.3) is 0 Å². The van der Waals surface area contributed by atoms with Crippen LogP contribution in [0.4, 0.5) is 0 Å². The van der Waals surface area contributed by atoms with Crippen molar-refractivity contribution in [1.29, 1.82) is 0 Å². The first kappa shape index (κ1) is 32.4. The van der Waals surface area contributed by atoms with Crippen LogP contribution in [0.3, 0.4) is 0 Å². The summed E-state index contributed by atoms with van der Waals surface area (Å²) in [7, 11) is 1.31. The first-order valence-electron chi connectivity index (χ1n) is 8.87. The smallest absolute Gasteiger partial charge is 0.333 e. The fourth-order valence-corrected chi connectivity index (χ4v) is 0.801. The van der Waals surface area contributed by atoms with E-state index < -0.39 is 17.8 Å². The molecule has 1 fully saturated rings. The molecule has 1 heterocycles. The number of primary amides is 1. The molecule has 1 rings (SSSR count). The van der Waals surface area contributed by atoms with Gasteiger partial charge in [-0.15, -0.1) is 0 Å². The standard InChI is InChI=1S/C7H10O3.C6H10O3.C4H7NO.C4H6O2/c1-5(2)7(8)10-4-6-3-9-6;1-5(2)6(8)9-4-3-7;1-3(2)4(5)6;1-3-4(5)6-2/h6H,1,3-4H2,2H3;7H,1,3-4H2,2H3;1H2,2H3,(H2,5,6);3H,1H2,2H3. The monoisotopic (exact) mass is 443 g/mol. The molecule has 176 valence electrons. The molecular weight excluding hydrogens is 410 g/mol. The van der Waals surface area contributed by atoms with E-state index in [2.05, 4.69) is 35.8 Å². The molecule has 1 aliphatic heterocycles. The average molecular weight is 443 g/mol. The van der Waals surface area contributed by atoms with E-state index in [0.717, 1.165) is 6.08 Å². The predicted octanol–water partition coefficient (Wildman–Crippen LogP) is 0.996. The molecule has 1 amide bonds. The number of carbonyl (C=O) groups excluding carboxylic acids is 4. The Hall–Kier alpha value is -3.24. The number of aliphatic hydroxyl groups is 1. The summed E-state index contributed by atoms with van der Waals surface area (Å²) < 4.78 is 18.2. The number of aliphatic hydroxyl groups excluding tert-OH is 1. The van der Waals surface area contributed by atoms with Crippen LogP contribution in [0.1, 0.15) is 20.8 Å². The number of epoxide rings is 1. The van der Waals surface area contributed by atoms with E-state index in [1.807, 2.05) is 0 Å². The molecule has 0 bridgehead atoms. The van der Waals surface area contributed by atoms with E-state index in [-0.39, 0.29) is 25.3 Å². The minimum atomic E-state index is -0.455. The van der Waals surface area contributed by atoms with Crippen molar-refractivity contribution in [2.75, 3.05) is 33.5 Å². The lowest BCUT2D eigenvalue weighted by molar-refractivity contribution is -0.140. The molecule has 0 aromatic rings. The Morgan fingerprint density at radius 3 is 1.68 bits per heavy atom. The second kappa shape index (κ2) is 20.0. The van der Waals surface area contributed by atoms with Gasteiger partial charge in [-0.2, -0.15) is 0 Å².